The van der Waals surface area contributed by atoms with E-state index in [0.717, 1.165) is 0 Å². The average molecular weight is 564 g/mol. The molecule has 1 aliphatic rings. The first kappa shape index (κ1) is 34.9. The van der Waals surface area contributed by atoms with Crippen LogP contribution >= 0.6 is 0 Å². The monoisotopic (exact) mass is 563 g/mol. The summed E-state index contributed by atoms with van der Waals surface area (Å²) in [7, 11) is 0. The summed E-state index contributed by atoms with van der Waals surface area (Å²) in [6.45, 7) is 8.83. The van der Waals surface area contributed by atoms with Crippen molar-refractivity contribution in [2.75, 3.05) is 79.1 Å². The Kier molecular flexibility index (Phi) is 18.5. The van der Waals surface area contributed by atoms with Crippen LogP contribution in [0.4, 0.5) is 0 Å². The predicted molar refractivity (Wildman–Crippen MR) is 139 cm³/mol. The molecule has 14 heteroatoms. The number of hydrogen-bond donors (Lipinski definition) is 5. The molecule has 226 valence electrons. The molecule has 3 amide bonds. The van der Waals surface area contributed by atoms with E-state index in [-0.39, 0.29) is 51.1 Å². The van der Waals surface area contributed by atoms with Crippen molar-refractivity contribution >= 4 is 17.7 Å². The number of nitrogens with zero attached hydrogens (tertiary/aromatic N) is 1. The second-order valence-corrected chi connectivity index (χ2v) is 8.88. The number of ether oxygens (including phenoxy) is 5. The Morgan fingerprint density at radius 1 is 0.923 bits per heavy atom. The first-order chi connectivity index (χ1) is 18.7. The molecule has 1 saturated heterocycles. The van der Waals surface area contributed by atoms with Gasteiger partial charge < -0.3 is 54.5 Å². The minimum absolute atomic E-state index is 0.134. The van der Waals surface area contributed by atoms with E-state index in [1.165, 1.54) is 18.7 Å². The molecule has 0 bridgehead atoms. The molecule has 0 aromatic heterocycles. The van der Waals surface area contributed by atoms with Crippen LogP contribution in [0.2, 0.25) is 0 Å². The Labute approximate surface area is 229 Å². The molecule has 1 fully saturated rings. The lowest BCUT2D eigenvalue weighted by Gasteiger charge is -2.42. The maximum Gasteiger partial charge on any atom is 0.239 e. The van der Waals surface area contributed by atoms with Gasteiger partial charge in [0.15, 0.2) is 0 Å². The fourth-order valence-electron chi connectivity index (χ4n) is 3.78. The van der Waals surface area contributed by atoms with Crippen LogP contribution < -0.4 is 10.6 Å². The Balaban J connectivity index is 2.26. The molecule has 5 atom stereocenters. The van der Waals surface area contributed by atoms with E-state index in [4.69, 9.17) is 23.7 Å². The summed E-state index contributed by atoms with van der Waals surface area (Å²) in [5.41, 5.74) is 0. The first-order valence-electron chi connectivity index (χ1n) is 13.0. The van der Waals surface area contributed by atoms with Crippen molar-refractivity contribution in [1.29, 1.82) is 0 Å². The van der Waals surface area contributed by atoms with E-state index in [2.05, 4.69) is 17.2 Å². The van der Waals surface area contributed by atoms with Gasteiger partial charge in [-0.1, -0.05) is 6.08 Å². The van der Waals surface area contributed by atoms with Gasteiger partial charge >= 0.3 is 0 Å². The quantitative estimate of drug-likeness (QED) is 0.0739. The Hall–Kier alpha value is -2.17. The topological polar surface area (TPSA) is 185 Å². The zero-order chi connectivity index (χ0) is 29.0. The van der Waals surface area contributed by atoms with E-state index in [1.807, 2.05) is 0 Å². The normalized spacial score (nSPS) is 22.7. The minimum Gasteiger partial charge on any atom is -0.394 e. The second-order valence-electron chi connectivity index (χ2n) is 8.88. The summed E-state index contributed by atoms with van der Waals surface area (Å²) < 4.78 is 27.1. The number of nitrogens with one attached hydrogen (secondary N) is 2. The highest BCUT2D eigenvalue weighted by molar-refractivity contribution is 5.83. The molecule has 1 rings (SSSR count). The second kappa shape index (κ2) is 20.7. The van der Waals surface area contributed by atoms with Crippen LogP contribution in [0, 0.1) is 0 Å². The molecule has 0 spiro atoms. The Morgan fingerprint density at radius 3 is 2.18 bits per heavy atom. The van der Waals surface area contributed by atoms with Crippen LogP contribution in [-0.2, 0) is 38.1 Å². The van der Waals surface area contributed by atoms with Gasteiger partial charge in [-0.3, -0.25) is 14.4 Å². The number of hydrogen-bond acceptors (Lipinski definition) is 11. The van der Waals surface area contributed by atoms with Gasteiger partial charge in [-0.2, -0.15) is 0 Å². The van der Waals surface area contributed by atoms with Crippen molar-refractivity contribution in [3.63, 3.8) is 0 Å². The molecule has 0 aliphatic carbocycles. The summed E-state index contributed by atoms with van der Waals surface area (Å²) in [5.74, 6) is -1.02. The number of aliphatic hydroxyl groups excluding tert-OH is 3. The molecule has 0 radical (unpaired) electrons. The molecular formula is C25H45N3O11. The number of carbonyl (C=O) groups excluding carboxylic acids is 3. The first-order valence-corrected chi connectivity index (χ1v) is 13.0. The number of carbonyl (C=O) groups is 3. The van der Waals surface area contributed by atoms with Gasteiger partial charge in [-0.05, 0) is 6.42 Å². The SMILES string of the molecule is C=CCOCCOCCOCCNC(=O)CN(CCOCCC1OC(CO)C(O)C(O)C1NC(C)=O)C(C)=O. The van der Waals surface area contributed by atoms with E-state index in [9.17, 15) is 29.7 Å². The molecule has 1 heterocycles. The van der Waals surface area contributed by atoms with Crippen molar-refractivity contribution in [2.24, 2.45) is 0 Å². The number of aliphatic hydroxyl groups is 3. The summed E-state index contributed by atoms with van der Waals surface area (Å²) in [6, 6.07) is -0.875. The molecule has 0 aromatic carbocycles. The maximum absolute atomic E-state index is 12.2. The van der Waals surface area contributed by atoms with Crippen molar-refractivity contribution in [3.05, 3.63) is 12.7 Å². The van der Waals surface area contributed by atoms with Crippen LogP contribution in [0.25, 0.3) is 0 Å². The maximum atomic E-state index is 12.2. The molecular weight excluding hydrogens is 518 g/mol. The zero-order valence-electron chi connectivity index (χ0n) is 22.9. The highest BCUT2D eigenvalue weighted by Crippen LogP contribution is 2.23. The predicted octanol–water partition coefficient (Wildman–Crippen LogP) is -2.42. The Morgan fingerprint density at radius 2 is 1.56 bits per heavy atom. The van der Waals surface area contributed by atoms with Gasteiger partial charge in [0.05, 0.1) is 71.5 Å². The van der Waals surface area contributed by atoms with Gasteiger partial charge in [0.2, 0.25) is 17.7 Å². The van der Waals surface area contributed by atoms with Gasteiger partial charge in [0.1, 0.15) is 18.3 Å². The lowest BCUT2D eigenvalue weighted by atomic mass is 9.91. The number of rotatable bonds is 21. The van der Waals surface area contributed by atoms with Crippen molar-refractivity contribution < 1.29 is 53.4 Å². The zero-order valence-corrected chi connectivity index (χ0v) is 22.9. The van der Waals surface area contributed by atoms with E-state index in [1.54, 1.807) is 6.08 Å². The van der Waals surface area contributed by atoms with Gasteiger partial charge in [-0.25, -0.2) is 0 Å². The lowest BCUT2D eigenvalue weighted by molar-refractivity contribution is -0.198. The molecule has 0 aromatic rings. The minimum atomic E-state index is -1.35. The van der Waals surface area contributed by atoms with E-state index in [0.29, 0.717) is 39.6 Å². The standard InChI is InChI=1S/C25H45N3O11/c1-4-8-35-12-14-38-15-13-37-10-6-26-22(32)16-28(19(3)31)7-11-36-9-5-20-23(27-18(2)30)25(34)24(33)21(17-29)39-20/h4,20-21,23-25,29,33-34H,1,5-17H2,2-3H3,(H,26,32)(H,27,30). The van der Waals surface area contributed by atoms with Gasteiger partial charge in [0.25, 0.3) is 0 Å². The summed E-state index contributed by atoms with van der Waals surface area (Å²) in [4.78, 5) is 37.0. The van der Waals surface area contributed by atoms with Gasteiger partial charge in [-0.15, -0.1) is 6.58 Å². The van der Waals surface area contributed by atoms with Crippen LogP contribution in [-0.4, -0.2) is 147 Å². The molecule has 1 aliphatic heterocycles. The third kappa shape index (κ3) is 14.7. The van der Waals surface area contributed by atoms with Crippen molar-refractivity contribution in [2.45, 2.75) is 50.7 Å². The fraction of sp³-hybridized carbons (Fsp3) is 0.800. The smallest absolute Gasteiger partial charge is 0.239 e. The van der Waals surface area contributed by atoms with Crippen LogP contribution in [0.5, 0.6) is 0 Å². The third-order valence-electron chi connectivity index (χ3n) is 5.78. The fourth-order valence-corrected chi connectivity index (χ4v) is 3.78. The molecule has 39 heavy (non-hydrogen) atoms. The molecule has 5 unspecified atom stereocenters. The molecule has 0 saturated carbocycles. The van der Waals surface area contributed by atoms with Crippen molar-refractivity contribution in [3.8, 4) is 0 Å². The van der Waals surface area contributed by atoms with E-state index >= 15 is 0 Å². The average Bonchev–Trinajstić information content (AvgIpc) is 2.89. The largest absolute Gasteiger partial charge is 0.394 e. The van der Waals surface area contributed by atoms with Crippen LogP contribution in [0.1, 0.15) is 20.3 Å². The van der Waals surface area contributed by atoms with Crippen LogP contribution in [0.3, 0.4) is 0 Å². The third-order valence-corrected chi connectivity index (χ3v) is 5.78. The highest BCUT2D eigenvalue weighted by atomic mass is 16.5. The summed E-state index contributed by atoms with van der Waals surface area (Å²) in [5, 5.41) is 35.1. The van der Waals surface area contributed by atoms with E-state index < -0.39 is 43.0 Å². The van der Waals surface area contributed by atoms with Crippen molar-refractivity contribution in [1.82, 2.24) is 15.5 Å². The molecule has 5 N–H and O–H groups in total. The Bertz CT molecular complexity index is 727. The highest BCUT2D eigenvalue weighted by Gasteiger charge is 2.44. The van der Waals surface area contributed by atoms with Crippen LogP contribution in [0.15, 0.2) is 12.7 Å². The summed E-state index contributed by atoms with van der Waals surface area (Å²) >= 11 is 0. The lowest BCUT2D eigenvalue weighted by Crippen LogP contribution is -2.64. The number of amides is 3. The molecule has 14 nitrogen and oxygen atoms in total. The summed E-state index contributed by atoms with van der Waals surface area (Å²) in [6.07, 6.45) is -2.45. The van der Waals surface area contributed by atoms with Gasteiger partial charge in [0, 0.05) is 33.5 Å².